The molecule has 0 unspecified atom stereocenters. The van der Waals surface area contributed by atoms with Crippen LogP contribution in [-0.2, 0) is 24.8 Å². The molecule has 0 aliphatic heterocycles. The average molecular weight is 397 g/mol. The van der Waals surface area contributed by atoms with E-state index in [0.717, 1.165) is 10.2 Å². The highest BCUT2D eigenvalue weighted by Crippen LogP contribution is 2.27. The SMILES string of the molecule is COc1ccc(CCNC(=O)Cn2nc(-c3ccccn3)n(C)c2=O)cc1OC. The topological polar surface area (TPSA) is 100 Å². The molecule has 0 bridgehead atoms. The maximum absolute atomic E-state index is 12.4. The summed E-state index contributed by atoms with van der Waals surface area (Å²) in [5, 5.41) is 7.05. The fourth-order valence-corrected chi connectivity index (χ4v) is 2.88. The van der Waals surface area contributed by atoms with Gasteiger partial charge in [0.1, 0.15) is 12.2 Å². The molecule has 0 atom stereocenters. The Kier molecular flexibility index (Phi) is 6.28. The van der Waals surface area contributed by atoms with Crippen molar-refractivity contribution < 1.29 is 14.3 Å². The molecule has 3 aromatic rings. The zero-order valence-electron chi connectivity index (χ0n) is 16.6. The van der Waals surface area contributed by atoms with Crippen molar-refractivity contribution in [2.24, 2.45) is 7.05 Å². The number of pyridine rings is 1. The van der Waals surface area contributed by atoms with Gasteiger partial charge in [0.05, 0.1) is 14.2 Å². The highest BCUT2D eigenvalue weighted by Gasteiger charge is 2.15. The number of carbonyl (C=O) groups is 1. The number of rotatable bonds is 8. The van der Waals surface area contributed by atoms with Gasteiger partial charge in [0.15, 0.2) is 17.3 Å². The number of aromatic nitrogens is 4. The van der Waals surface area contributed by atoms with E-state index in [9.17, 15) is 9.59 Å². The Morgan fingerprint density at radius 1 is 1.14 bits per heavy atom. The van der Waals surface area contributed by atoms with Gasteiger partial charge in [0.2, 0.25) is 5.91 Å². The number of hydrogen-bond acceptors (Lipinski definition) is 6. The number of ether oxygens (including phenoxy) is 2. The van der Waals surface area contributed by atoms with Gasteiger partial charge in [-0.05, 0) is 36.2 Å². The Morgan fingerprint density at radius 3 is 2.62 bits per heavy atom. The van der Waals surface area contributed by atoms with Crippen molar-refractivity contribution >= 4 is 5.91 Å². The first-order valence-corrected chi connectivity index (χ1v) is 9.06. The highest BCUT2D eigenvalue weighted by molar-refractivity contribution is 5.75. The van der Waals surface area contributed by atoms with Crippen molar-refractivity contribution in [1.29, 1.82) is 0 Å². The molecule has 0 spiro atoms. The maximum Gasteiger partial charge on any atom is 0.346 e. The zero-order valence-corrected chi connectivity index (χ0v) is 16.6. The second-order valence-electron chi connectivity index (χ2n) is 6.33. The zero-order chi connectivity index (χ0) is 20.8. The van der Waals surface area contributed by atoms with E-state index in [-0.39, 0.29) is 18.1 Å². The Bertz CT molecular complexity index is 1040. The van der Waals surface area contributed by atoms with Crippen molar-refractivity contribution in [2.45, 2.75) is 13.0 Å². The molecule has 0 saturated carbocycles. The van der Waals surface area contributed by atoms with Crippen LogP contribution in [0.5, 0.6) is 11.5 Å². The Labute approximate surface area is 167 Å². The summed E-state index contributed by atoms with van der Waals surface area (Å²) in [7, 11) is 4.76. The largest absolute Gasteiger partial charge is 0.493 e. The van der Waals surface area contributed by atoms with Crippen LogP contribution in [0.15, 0.2) is 47.4 Å². The number of carbonyl (C=O) groups excluding carboxylic acids is 1. The second-order valence-corrected chi connectivity index (χ2v) is 6.33. The van der Waals surface area contributed by atoms with Crippen molar-refractivity contribution in [3.63, 3.8) is 0 Å². The number of nitrogens with zero attached hydrogens (tertiary/aromatic N) is 4. The van der Waals surface area contributed by atoms with Gasteiger partial charge in [-0.15, -0.1) is 5.10 Å². The number of hydrogen-bond donors (Lipinski definition) is 1. The summed E-state index contributed by atoms with van der Waals surface area (Å²) in [5.41, 5.74) is 1.19. The first-order chi connectivity index (χ1) is 14.0. The van der Waals surface area contributed by atoms with Crippen LogP contribution >= 0.6 is 0 Å². The van der Waals surface area contributed by atoms with E-state index in [1.54, 1.807) is 39.6 Å². The van der Waals surface area contributed by atoms with Gasteiger partial charge in [0, 0.05) is 19.8 Å². The predicted molar refractivity (Wildman–Crippen MR) is 107 cm³/mol. The first-order valence-electron chi connectivity index (χ1n) is 9.06. The van der Waals surface area contributed by atoms with Gasteiger partial charge in [-0.2, -0.15) is 0 Å². The van der Waals surface area contributed by atoms with Gasteiger partial charge in [-0.1, -0.05) is 12.1 Å². The van der Waals surface area contributed by atoms with Gasteiger partial charge < -0.3 is 14.8 Å². The lowest BCUT2D eigenvalue weighted by molar-refractivity contribution is -0.121. The number of methoxy groups -OCH3 is 2. The monoisotopic (exact) mass is 397 g/mol. The molecule has 29 heavy (non-hydrogen) atoms. The molecule has 0 aliphatic carbocycles. The van der Waals surface area contributed by atoms with Gasteiger partial charge in [-0.3, -0.25) is 14.3 Å². The van der Waals surface area contributed by atoms with Gasteiger partial charge in [0.25, 0.3) is 0 Å². The minimum atomic E-state index is -0.374. The van der Waals surface area contributed by atoms with E-state index in [1.165, 1.54) is 4.57 Å². The maximum atomic E-state index is 12.4. The van der Waals surface area contributed by atoms with Gasteiger partial charge in [-0.25, -0.2) is 9.48 Å². The summed E-state index contributed by atoms with van der Waals surface area (Å²) >= 11 is 0. The lowest BCUT2D eigenvalue weighted by atomic mass is 10.1. The van der Waals surface area contributed by atoms with Crippen LogP contribution in [0, 0.1) is 0 Å². The molecule has 0 fully saturated rings. The fraction of sp³-hybridized carbons (Fsp3) is 0.300. The molecular formula is C20H23N5O4. The smallest absolute Gasteiger partial charge is 0.346 e. The fourth-order valence-electron chi connectivity index (χ4n) is 2.88. The van der Waals surface area contributed by atoms with Crippen LogP contribution in [0.2, 0.25) is 0 Å². The van der Waals surface area contributed by atoms with Crippen molar-refractivity contribution in [2.75, 3.05) is 20.8 Å². The summed E-state index contributed by atoms with van der Waals surface area (Å²) in [6, 6.07) is 11.0. The first kappa shape index (κ1) is 20.1. The summed E-state index contributed by atoms with van der Waals surface area (Å²) in [6.45, 7) is 0.258. The van der Waals surface area contributed by atoms with E-state index >= 15 is 0 Å². The summed E-state index contributed by atoms with van der Waals surface area (Å²) in [5.74, 6) is 1.41. The Morgan fingerprint density at radius 2 is 1.93 bits per heavy atom. The second kappa shape index (κ2) is 9.05. The van der Waals surface area contributed by atoms with E-state index in [4.69, 9.17) is 9.47 Å². The van der Waals surface area contributed by atoms with Crippen molar-refractivity contribution in [3.05, 3.63) is 58.6 Å². The molecule has 2 aromatic heterocycles. The van der Waals surface area contributed by atoms with Gasteiger partial charge >= 0.3 is 5.69 Å². The summed E-state index contributed by atoms with van der Waals surface area (Å²) in [6.07, 6.45) is 2.24. The minimum absolute atomic E-state index is 0.161. The van der Waals surface area contributed by atoms with Crippen LogP contribution in [0.3, 0.4) is 0 Å². The van der Waals surface area contributed by atoms with Crippen LogP contribution in [0.1, 0.15) is 5.56 Å². The quantitative estimate of drug-likeness (QED) is 0.609. The lowest BCUT2D eigenvalue weighted by Crippen LogP contribution is -2.34. The molecule has 1 aromatic carbocycles. The molecule has 3 rings (SSSR count). The van der Waals surface area contributed by atoms with E-state index in [2.05, 4.69) is 15.4 Å². The highest BCUT2D eigenvalue weighted by atomic mass is 16.5. The lowest BCUT2D eigenvalue weighted by Gasteiger charge is -2.10. The van der Waals surface area contributed by atoms with Crippen LogP contribution in [-0.4, -0.2) is 46.0 Å². The molecule has 1 N–H and O–H groups in total. The molecule has 9 nitrogen and oxygen atoms in total. The van der Waals surface area contributed by atoms with E-state index < -0.39 is 0 Å². The predicted octanol–water partition coefficient (Wildman–Crippen LogP) is 1.02. The molecule has 0 aliphatic rings. The van der Waals surface area contributed by atoms with Crippen LogP contribution in [0.4, 0.5) is 0 Å². The molecule has 0 saturated heterocycles. The Hall–Kier alpha value is -3.62. The van der Waals surface area contributed by atoms with E-state index in [1.807, 2.05) is 24.3 Å². The molecule has 0 radical (unpaired) electrons. The Balaban J connectivity index is 1.60. The molecule has 152 valence electrons. The summed E-state index contributed by atoms with van der Waals surface area (Å²) < 4.78 is 13.0. The van der Waals surface area contributed by atoms with Crippen LogP contribution in [0.25, 0.3) is 11.5 Å². The summed E-state index contributed by atoms with van der Waals surface area (Å²) in [4.78, 5) is 28.8. The molecular weight excluding hydrogens is 374 g/mol. The third-order valence-corrected chi connectivity index (χ3v) is 4.41. The molecule has 9 heteroatoms. The third-order valence-electron chi connectivity index (χ3n) is 4.41. The van der Waals surface area contributed by atoms with Crippen LogP contribution < -0.4 is 20.5 Å². The number of amides is 1. The van der Waals surface area contributed by atoms with Crippen molar-refractivity contribution in [1.82, 2.24) is 24.6 Å². The molecule has 2 heterocycles. The third kappa shape index (κ3) is 4.63. The number of benzene rings is 1. The minimum Gasteiger partial charge on any atom is -0.493 e. The average Bonchev–Trinajstić information content (AvgIpc) is 3.02. The normalized spacial score (nSPS) is 10.6. The standard InChI is InChI=1S/C20H23N5O4/c1-24-19(15-6-4-5-10-21-15)23-25(20(24)27)13-18(26)22-11-9-14-7-8-16(28-2)17(12-14)29-3/h4-8,10,12H,9,11,13H2,1-3H3,(H,22,26). The van der Waals surface area contributed by atoms with E-state index in [0.29, 0.717) is 36.0 Å². The molecule has 1 amide bonds. The number of nitrogens with one attached hydrogen (secondary N) is 1. The van der Waals surface area contributed by atoms with Crippen molar-refractivity contribution in [3.8, 4) is 23.0 Å².